The van der Waals surface area contributed by atoms with E-state index in [1.54, 1.807) is 11.3 Å². The number of thiazole rings is 1. The highest BCUT2D eigenvalue weighted by molar-refractivity contribution is 7.11. The van der Waals surface area contributed by atoms with Gasteiger partial charge in [-0.2, -0.15) is 0 Å². The maximum absolute atomic E-state index is 4.38. The van der Waals surface area contributed by atoms with E-state index < -0.39 is 0 Å². The van der Waals surface area contributed by atoms with Crippen molar-refractivity contribution in [3.05, 3.63) is 16.1 Å². The summed E-state index contributed by atoms with van der Waals surface area (Å²) in [6, 6.07) is 0.689. The fourth-order valence-corrected chi connectivity index (χ4v) is 2.83. The van der Waals surface area contributed by atoms with Gasteiger partial charge in [0.15, 0.2) is 0 Å². The molecular weight excluding hydrogens is 204 g/mol. The second-order valence-corrected chi connectivity index (χ2v) is 6.17. The van der Waals surface area contributed by atoms with Gasteiger partial charge in [-0.1, -0.05) is 13.8 Å². The second-order valence-electron chi connectivity index (χ2n) is 4.85. The third-order valence-corrected chi connectivity index (χ3v) is 3.92. The van der Waals surface area contributed by atoms with E-state index in [4.69, 9.17) is 0 Å². The number of nitrogens with one attached hydrogen (secondary N) is 1. The summed E-state index contributed by atoms with van der Waals surface area (Å²) in [4.78, 5) is 5.69. The van der Waals surface area contributed by atoms with Crippen LogP contribution in [-0.2, 0) is 6.54 Å². The fourth-order valence-electron chi connectivity index (χ4n) is 2.09. The predicted molar refractivity (Wildman–Crippen MR) is 65.0 cm³/mol. The molecule has 1 aromatic rings. The molecule has 0 saturated heterocycles. The van der Waals surface area contributed by atoms with Gasteiger partial charge in [0.2, 0.25) is 0 Å². The van der Waals surface area contributed by atoms with Crippen LogP contribution in [0, 0.1) is 18.8 Å². The van der Waals surface area contributed by atoms with Gasteiger partial charge in [0.25, 0.3) is 0 Å². The van der Waals surface area contributed by atoms with Gasteiger partial charge < -0.3 is 5.32 Å². The zero-order valence-electron chi connectivity index (χ0n) is 9.79. The van der Waals surface area contributed by atoms with Gasteiger partial charge in [-0.15, -0.1) is 11.3 Å². The van der Waals surface area contributed by atoms with Gasteiger partial charge in [-0.05, 0) is 31.6 Å². The van der Waals surface area contributed by atoms with Crippen LogP contribution in [0.3, 0.4) is 0 Å². The van der Waals surface area contributed by atoms with Gasteiger partial charge in [0.05, 0.1) is 0 Å². The lowest BCUT2D eigenvalue weighted by molar-refractivity contribution is 0.359. The molecular formula is C12H20N2S. The first kappa shape index (κ1) is 11.1. The third-order valence-electron chi connectivity index (χ3n) is 3.01. The highest BCUT2D eigenvalue weighted by atomic mass is 32.1. The lowest BCUT2D eigenvalue weighted by Crippen LogP contribution is -2.35. The van der Waals surface area contributed by atoms with Gasteiger partial charge in [0, 0.05) is 23.7 Å². The Kier molecular flexibility index (Phi) is 3.42. The van der Waals surface area contributed by atoms with Gasteiger partial charge in [-0.25, -0.2) is 4.98 Å². The highest BCUT2D eigenvalue weighted by Crippen LogP contribution is 2.35. The van der Waals surface area contributed by atoms with Crippen molar-refractivity contribution in [3.63, 3.8) is 0 Å². The molecule has 0 amide bonds. The average Bonchev–Trinajstić information content (AvgIpc) is 2.90. The quantitative estimate of drug-likeness (QED) is 0.831. The minimum Gasteiger partial charge on any atom is -0.307 e. The molecule has 1 heterocycles. The topological polar surface area (TPSA) is 24.9 Å². The molecule has 2 nitrogen and oxygen atoms in total. The number of aromatic nitrogens is 1. The van der Waals surface area contributed by atoms with Crippen molar-refractivity contribution in [2.24, 2.45) is 11.8 Å². The number of aryl methyl sites for hydroxylation is 1. The first-order valence-corrected chi connectivity index (χ1v) is 6.63. The molecule has 15 heavy (non-hydrogen) atoms. The zero-order valence-corrected chi connectivity index (χ0v) is 10.6. The molecule has 2 rings (SSSR count). The van der Waals surface area contributed by atoms with E-state index in [9.17, 15) is 0 Å². The van der Waals surface area contributed by atoms with Gasteiger partial charge in [-0.3, -0.25) is 0 Å². The van der Waals surface area contributed by atoms with E-state index in [2.05, 4.69) is 31.1 Å². The van der Waals surface area contributed by atoms with E-state index in [0.717, 1.165) is 18.4 Å². The Hall–Kier alpha value is -0.410. The Labute approximate surface area is 96.1 Å². The summed E-state index contributed by atoms with van der Waals surface area (Å²) < 4.78 is 0. The lowest BCUT2D eigenvalue weighted by atomic mass is 10.00. The third kappa shape index (κ3) is 3.02. The van der Waals surface area contributed by atoms with Crippen molar-refractivity contribution in [2.45, 2.75) is 46.2 Å². The first-order valence-electron chi connectivity index (χ1n) is 5.81. The molecule has 1 aliphatic carbocycles. The molecule has 84 valence electrons. The molecule has 0 aliphatic heterocycles. The van der Waals surface area contributed by atoms with Crippen LogP contribution in [0.4, 0.5) is 0 Å². The van der Waals surface area contributed by atoms with Crippen molar-refractivity contribution in [3.8, 4) is 0 Å². The summed E-state index contributed by atoms with van der Waals surface area (Å²) in [6.07, 6.45) is 4.78. The molecule has 1 aliphatic rings. The monoisotopic (exact) mass is 224 g/mol. The minimum atomic E-state index is 0.689. The van der Waals surface area contributed by atoms with Crippen LogP contribution in [0.15, 0.2) is 6.20 Å². The second kappa shape index (κ2) is 4.62. The van der Waals surface area contributed by atoms with Crippen molar-refractivity contribution in [1.82, 2.24) is 10.3 Å². The maximum Gasteiger partial charge on any atom is 0.107 e. The lowest BCUT2D eigenvalue weighted by Gasteiger charge is -2.21. The van der Waals surface area contributed by atoms with Gasteiger partial charge >= 0.3 is 0 Å². The first-order chi connectivity index (χ1) is 7.16. The summed E-state index contributed by atoms with van der Waals surface area (Å²) in [5.74, 6) is 1.66. The molecule has 1 fully saturated rings. The largest absolute Gasteiger partial charge is 0.307 e. The molecule has 1 N–H and O–H groups in total. The molecule has 1 atom stereocenters. The van der Waals surface area contributed by atoms with Crippen LogP contribution in [0.5, 0.6) is 0 Å². The average molecular weight is 224 g/mol. The minimum absolute atomic E-state index is 0.689. The van der Waals surface area contributed by atoms with Gasteiger partial charge in [0.1, 0.15) is 5.01 Å². The maximum atomic E-state index is 4.38. The highest BCUT2D eigenvalue weighted by Gasteiger charge is 2.32. The van der Waals surface area contributed by atoms with Crippen molar-refractivity contribution in [2.75, 3.05) is 0 Å². The number of rotatable bonds is 5. The smallest absolute Gasteiger partial charge is 0.107 e. The van der Waals surface area contributed by atoms with Crippen LogP contribution in [-0.4, -0.2) is 11.0 Å². The molecule has 0 spiro atoms. The van der Waals surface area contributed by atoms with E-state index >= 15 is 0 Å². The summed E-state index contributed by atoms with van der Waals surface area (Å²) in [5, 5.41) is 4.88. The van der Waals surface area contributed by atoms with Crippen LogP contribution < -0.4 is 5.32 Å². The molecule has 3 heteroatoms. The Morgan fingerprint density at radius 1 is 1.53 bits per heavy atom. The Bertz CT molecular complexity index is 313. The molecule has 0 radical (unpaired) electrons. The fraction of sp³-hybridized carbons (Fsp3) is 0.750. The zero-order chi connectivity index (χ0) is 10.8. The Morgan fingerprint density at radius 3 is 2.73 bits per heavy atom. The van der Waals surface area contributed by atoms with Crippen molar-refractivity contribution >= 4 is 11.3 Å². The molecule has 1 unspecified atom stereocenters. The van der Waals surface area contributed by atoms with Crippen molar-refractivity contribution < 1.29 is 0 Å². The summed E-state index contributed by atoms with van der Waals surface area (Å²) >= 11 is 1.80. The van der Waals surface area contributed by atoms with Crippen LogP contribution in [0.25, 0.3) is 0 Å². The summed E-state index contributed by atoms with van der Waals surface area (Å²) in [5.41, 5.74) is 0. The Morgan fingerprint density at radius 2 is 2.27 bits per heavy atom. The van der Waals surface area contributed by atoms with E-state index in [-0.39, 0.29) is 0 Å². The van der Waals surface area contributed by atoms with E-state index in [1.165, 1.54) is 22.7 Å². The molecule has 0 aromatic carbocycles. The Balaban J connectivity index is 1.85. The predicted octanol–water partition coefficient (Wildman–Crippen LogP) is 2.98. The van der Waals surface area contributed by atoms with E-state index in [1.807, 2.05) is 6.20 Å². The molecule has 1 saturated carbocycles. The van der Waals surface area contributed by atoms with Crippen LogP contribution in [0.1, 0.15) is 36.6 Å². The standard InChI is InChI=1S/C12H20N2S/c1-8(2)12(10-4-5-10)14-7-11-13-6-9(3)15-11/h6,8,10,12,14H,4-5,7H2,1-3H3. The number of nitrogens with zero attached hydrogens (tertiary/aromatic N) is 1. The van der Waals surface area contributed by atoms with Crippen LogP contribution in [0.2, 0.25) is 0 Å². The SMILES string of the molecule is Cc1cnc(CNC(C(C)C)C2CC2)s1. The number of hydrogen-bond acceptors (Lipinski definition) is 3. The summed E-state index contributed by atoms with van der Waals surface area (Å²) in [7, 11) is 0. The van der Waals surface area contributed by atoms with Crippen molar-refractivity contribution in [1.29, 1.82) is 0 Å². The number of hydrogen-bond donors (Lipinski definition) is 1. The molecule has 0 bridgehead atoms. The summed E-state index contributed by atoms with van der Waals surface area (Å²) in [6.45, 7) is 7.67. The van der Waals surface area contributed by atoms with Crippen LogP contribution >= 0.6 is 11.3 Å². The normalized spacial score (nSPS) is 18.4. The van der Waals surface area contributed by atoms with E-state index in [0.29, 0.717) is 6.04 Å². The molecule has 1 aromatic heterocycles.